The number of thiophene rings is 1. The van der Waals surface area contributed by atoms with Gasteiger partial charge in [-0.15, -0.1) is 11.3 Å². The van der Waals surface area contributed by atoms with Crippen LogP contribution in [-0.2, 0) is 9.53 Å². The van der Waals surface area contributed by atoms with Crippen LogP contribution in [-0.4, -0.2) is 48.6 Å². The highest BCUT2D eigenvalue weighted by Gasteiger charge is 2.27. The Bertz CT molecular complexity index is 816. The lowest BCUT2D eigenvalue weighted by Crippen LogP contribution is -2.39. The smallest absolute Gasteiger partial charge is 0.250 e. The molecule has 0 bridgehead atoms. The molecule has 0 spiro atoms. The number of nitrogens with one attached hydrogen (secondary N) is 1. The van der Waals surface area contributed by atoms with E-state index in [1.165, 1.54) is 25.7 Å². The number of rotatable bonds is 9. The second kappa shape index (κ2) is 11.4. The van der Waals surface area contributed by atoms with Gasteiger partial charge in [0.15, 0.2) is 0 Å². The molecule has 1 aliphatic heterocycles. The zero-order chi connectivity index (χ0) is 23.1. The topological polar surface area (TPSA) is 80.0 Å². The summed E-state index contributed by atoms with van der Waals surface area (Å²) >= 11 is 1.61. The zero-order valence-electron chi connectivity index (χ0n) is 20.2. The fourth-order valence-electron chi connectivity index (χ4n) is 4.46. The standard InChI is InChI=1S/C25H40N4O2S/c1-5-11-29(24(30)20-13-22-21(10-12-32-22)28-23(26)14-20)16-19-8-6-18(7-9-19)15-27-17-31-25(2,3)4/h10,12-13,18-19,27H,5-9,11,14-17H2,1-4H3,(H2,26,28)/t18-,19+. The van der Waals surface area contributed by atoms with Crippen molar-refractivity contribution in [3.63, 3.8) is 0 Å². The molecular formula is C25H40N4O2S. The summed E-state index contributed by atoms with van der Waals surface area (Å²) in [4.78, 5) is 21.0. The molecule has 1 aliphatic carbocycles. The van der Waals surface area contributed by atoms with E-state index in [0.29, 0.717) is 30.8 Å². The Morgan fingerprint density at radius 2 is 2.00 bits per heavy atom. The van der Waals surface area contributed by atoms with Gasteiger partial charge >= 0.3 is 0 Å². The first kappa shape index (κ1) is 24.9. The van der Waals surface area contributed by atoms with Gasteiger partial charge in [-0.05, 0) is 82.2 Å². The highest BCUT2D eigenvalue weighted by Crippen LogP contribution is 2.33. The van der Waals surface area contributed by atoms with Crippen LogP contribution in [0.25, 0.3) is 6.08 Å². The molecule has 1 aromatic rings. The number of hydrogen-bond acceptors (Lipinski definition) is 6. The highest BCUT2D eigenvalue weighted by atomic mass is 32.1. The summed E-state index contributed by atoms with van der Waals surface area (Å²) in [5.41, 5.74) is 7.64. The third kappa shape index (κ3) is 7.42. The second-order valence-electron chi connectivity index (χ2n) is 10.1. The van der Waals surface area contributed by atoms with Crippen LogP contribution in [0.1, 0.15) is 71.1 Å². The van der Waals surface area contributed by atoms with Crippen molar-refractivity contribution in [3.8, 4) is 0 Å². The molecule has 0 radical (unpaired) electrons. The molecule has 7 heteroatoms. The van der Waals surface area contributed by atoms with Crippen LogP contribution >= 0.6 is 11.3 Å². The quantitative estimate of drug-likeness (QED) is 0.404. The molecule has 2 heterocycles. The number of hydrogen-bond donors (Lipinski definition) is 2. The normalized spacial score (nSPS) is 21.4. The Morgan fingerprint density at radius 1 is 1.28 bits per heavy atom. The van der Waals surface area contributed by atoms with E-state index in [0.717, 1.165) is 42.2 Å². The van der Waals surface area contributed by atoms with Crippen molar-refractivity contribution in [2.45, 2.75) is 71.8 Å². The van der Waals surface area contributed by atoms with Crippen molar-refractivity contribution in [3.05, 3.63) is 21.9 Å². The third-order valence-electron chi connectivity index (χ3n) is 6.15. The van der Waals surface area contributed by atoms with Crippen LogP contribution in [0, 0.1) is 11.8 Å². The van der Waals surface area contributed by atoms with Crippen molar-refractivity contribution < 1.29 is 9.53 Å². The minimum Gasteiger partial charge on any atom is -0.387 e. The van der Waals surface area contributed by atoms with Gasteiger partial charge in [0.2, 0.25) is 5.91 Å². The predicted molar refractivity (Wildman–Crippen MR) is 134 cm³/mol. The van der Waals surface area contributed by atoms with Crippen LogP contribution in [0.3, 0.4) is 0 Å². The van der Waals surface area contributed by atoms with Gasteiger partial charge in [0.05, 0.1) is 22.9 Å². The Balaban J connectivity index is 1.52. The van der Waals surface area contributed by atoms with Crippen LogP contribution in [0.4, 0.5) is 5.69 Å². The number of nitrogens with zero attached hydrogens (tertiary/aromatic N) is 2. The Labute approximate surface area is 197 Å². The van der Waals surface area contributed by atoms with Crippen molar-refractivity contribution in [2.75, 3.05) is 26.4 Å². The summed E-state index contributed by atoms with van der Waals surface area (Å²) in [7, 11) is 0. The van der Waals surface area contributed by atoms with Crippen molar-refractivity contribution >= 4 is 34.8 Å². The summed E-state index contributed by atoms with van der Waals surface area (Å²) in [5, 5.41) is 5.45. The fraction of sp³-hybridized carbons (Fsp3) is 0.680. The summed E-state index contributed by atoms with van der Waals surface area (Å²) in [6.07, 6.45) is 8.16. The van der Waals surface area contributed by atoms with E-state index in [9.17, 15) is 4.79 Å². The molecule has 0 aromatic carbocycles. The van der Waals surface area contributed by atoms with Crippen LogP contribution in [0.5, 0.6) is 0 Å². The molecule has 1 amide bonds. The largest absolute Gasteiger partial charge is 0.387 e. The molecule has 3 rings (SSSR count). The summed E-state index contributed by atoms with van der Waals surface area (Å²) < 4.78 is 5.76. The number of amidine groups is 1. The van der Waals surface area contributed by atoms with Gasteiger partial charge in [0.1, 0.15) is 5.84 Å². The van der Waals surface area contributed by atoms with Crippen molar-refractivity contribution in [2.24, 2.45) is 22.6 Å². The molecule has 32 heavy (non-hydrogen) atoms. The molecule has 0 unspecified atom stereocenters. The van der Waals surface area contributed by atoms with E-state index >= 15 is 0 Å². The molecule has 1 saturated carbocycles. The van der Waals surface area contributed by atoms with Gasteiger partial charge in [-0.25, -0.2) is 4.99 Å². The Kier molecular flexibility index (Phi) is 8.91. The van der Waals surface area contributed by atoms with E-state index in [1.807, 2.05) is 17.5 Å². The molecule has 0 atom stereocenters. The number of carbonyl (C=O) groups excluding carboxylic acids is 1. The lowest BCUT2D eigenvalue weighted by atomic mass is 9.81. The summed E-state index contributed by atoms with van der Waals surface area (Å²) in [6.45, 7) is 11.6. The average molecular weight is 461 g/mol. The molecule has 3 N–H and O–H groups in total. The zero-order valence-corrected chi connectivity index (χ0v) is 21.0. The maximum absolute atomic E-state index is 13.4. The van der Waals surface area contributed by atoms with Crippen molar-refractivity contribution in [1.82, 2.24) is 10.2 Å². The molecule has 0 saturated heterocycles. The molecule has 1 fully saturated rings. The van der Waals surface area contributed by atoms with Gasteiger partial charge in [-0.2, -0.15) is 0 Å². The first-order valence-corrected chi connectivity index (χ1v) is 12.9. The maximum atomic E-state index is 13.4. The summed E-state index contributed by atoms with van der Waals surface area (Å²) in [5.74, 6) is 1.90. The second-order valence-corrected chi connectivity index (χ2v) is 11.1. The molecule has 1 aromatic heterocycles. The average Bonchev–Trinajstić information content (AvgIpc) is 3.09. The number of aliphatic imine (C=N–C) groups is 1. The maximum Gasteiger partial charge on any atom is 0.250 e. The Morgan fingerprint density at radius 3 is 2.69 bits per heavy atom. The van der Waals surface area contributed by atoms with E-state index in [4.69, 9.17) is 10.5 Å². The molecule has 6 nitrogen and oxygen atoms in total. The number of fused-ring (bicyclic) bond motifs is 1. The Hall–Kier alpha value is -1.70. The van der Waals surface area contributed by atoms with Gasteiger partial charge in [-0.1, -0.05) is 6.92 Å². The number of nitrogens with two attached hydrogens (primary N) is 1. The van der Waals surface area contributed by atoms with Crippen LogP contribution < -0.4 is 11.1 Å². The first-order chi connectivity index (χ1) is 15.2. The van der Waals surface area contributed by atoms with E-state index in [-0.39, 0.29) is 11.5 Å². The van der Waals surface area contributed by atoms with Gasteiger partial charge in [-0.3, -0.25) is 10.1 Å². The number of ether oxygens (including phenoxy) is 1. The predicted octanol–water partition coefficient (Wildman–Crippen LogP) is 4.93. The number of carbonyl (C=O) groups is 1. The number of amides is 1. The summed E-state index contributed by atoms with van der Waals surface area (Å²) in [6, 6.07) is 1.96. The minimum absolute atomic E-state index is 0.103. The first-order valence-electron chi connectivity index (χ1n) is 12.0. The van der Waals surface area contributed by atoms with Crippen molar-refractivity contribution in [1.29, 1.82) is 0 Å². The SMILES string of the molecule is CCCN(C[C@H]1CC[C@@H](CNCOC(C)(C)C)CC1)C(=O)C1=Cc2sccc2N=C(N)C1. The lowest BCUT2D eigenvalue weighted by Gasteiger charge is -2.33. The van der Waals surface area contributed by atoms with E-state index < -0.39 is 0 Å². The van der Waals surface area contributed by atoms with Crippen LogP contribution in [0.2, 0.25) is 0 Å². The highest BCUT2D eigenvalue weighted by molar-refractivity contribution is 7.11. The van der Waals surface area contributed by atoms with E-state index in [2.05, 4.69) is 42.9 Å². The van der Waals surface area contributed by atoms with Crippen LogP contribution in [0.15, 0.2) is 22.0 Å². The lowest BCUT2D eigenvalue weighted by molar-refractivity contribution is -0.128. The molecule has 2 aliphatic rings. The monoisotopic (exact) mass is 460 g/mol. The van der Waals surface area contributed by atoms with Gasteiger partial charge < -0.3 is 15.4 Å². The van der Waals surface area contributed by atoms with Gasteiger partial charge in [0.25, 0.3) is 0 Å². The van der Waals surface area contributed by atoms with E-state index in [1.54, 1.807) is 11.3 Å². The van der Waals surface area contributed by atoms with Gasteiger partial charge in [0, 0.05) is 31.6 Å². The fourth-order valence-corrected chi connectivity index (χ4v) is 5.25. The third-order valence-corrected chi connectivity index (χ3v) is 7.01. The minimum atomic E-state index is -0.103. The molecular weight excluding hydrogens is 420 g/mol. The molecule has 178 valence electrons.